The standard InChI is InChI=1S/C20H18ClN3O3/c1-12-3-6-15(7-4-12)24-11-13(9-18(24)25)19-22-20(27-23-19)16-10-14(21)5-8-17(16)26-2/h3-8,10,13H,9,11H2,1-2H3/t13-/m0/s1. The first-order chi connectivity index (χ1) is 13.0. The molecule has 2 aromatic carbocycles. The van der Waals surface area contributed by atoms with E-state index in [0.717, 1.165) is 11.3 Å². The number of hydrogen-bond acceptors (Lipinski definition) is 5. The summed E-state index contributed by atoms with van der Waals surface area (Å²) in [4.78, 5) is 18.7. The Bertz CT molecular complexity index is 984. The minimum absolute atomic E-state index is 0.0514. The SMILES string of the molecule is COc1ccc(Cl)cc1-c1nc([C@H]2CC(=O)N(c3ccc(C)cc3)C2)no1. The summed E-state index contributed by atoms with van der Waals surface area (Å²) in [7, 11) is 1.57. The molecule has 1 saturated heterocycles. The number of nitrogens with zero attached hydrogens (tertiary/aromatic N) is 3. The molecule has 0 N–H and O–H groups in total. The molecular weight excluding hydrogens is 366 g/mol. The van der Waals surface area contributed by atoms with Gasteiger partial charge in [-0.15, -0.1) is 0 Å². The first kappa shape index (κ1) is 17.5. The van der Waals surface area contributed by atoms with Gasteiger partial charge < -0.3 is 14.2 Å². The van der Waals surface area contributed by atoms with Crippen LogP contribution in [0.3, 0.4) is 0 Å². The minimum Gasteiger partial charge on any atom is -0.496 e. The molecule has 1 amide bonds. The van der Waals surface area contributed by atoms with Gasteiger partial charge in [-0.2, -0.15) is 4.98 Å². The average molecular weight is 384 g/mol. The topological polar surface area (TPSA) is 68.5 Å². The number of aromatic nitrogens is 2. The molecule has 1 aliphatic heterocycles. The summed E-state index contributed by atoms with van der Waals surface area (Å²) in [6.07, 6.45) is 0.347. The lowest BCUT2D eigenvalue weighted by Crippen LogP contribution is -2.24. The third-order valence-corrected chi connectivity index (χ3v) is 4.90. The van der Waals surface area contributed by atoms with Crippen LogP contribution in [-0.4, -0.2) is 29.7 Å². The molecule has 1 atom stereocenters. The van der Waals surface area contributed by atoms with Gasteiger partial charge in [0.25, 0.3) is 5.89 Å². The van der Waals surface area contributed by atoms with E-state index in [1.54, 1.807) is 30.2 Å². The van der Waals surface area contributed by atoms with Crippen molar-refractivity contribution >= 4 is 23.2 Å². The van der Waals surface area contributed by atoms with E-state index >= 15 is 0 Å². The van der Waals surface area contributed by atoms with E-state index in [1.807, 2.05) is 31.2 Å². The van der Waals surface area contributed by atoms with Gasteiger partial charge in [0, 0.05) is 29.6 Å². The Hall–Kier alpha value is -2.86. The van der Waals surface area contributed by atoms with E-state index in [1.165, 1.54) is 0 Å². The van der Waals surface area contributed by atoms with Crippen LogP contribution < -0.4 is 9.64 Å². The van der Waals surface area contributed by atoms with Gasteiger partial charge in [0.15, 0.2) is 5.82 Å². The Labute approximate surface area is 161 Å². The van der Waals surface area contributed by atoms with Crippen LogP contribution in [0.1, 0.15) is 23.7 Å². The third-order valence-electron chi connectivity index (χ3n) is 4.67. The van der Waals surface area contributed by atoms with Gasteiger partial charge in [0.05, 0.1) is 12.7 Å². The van der Waals surface area contributed by atoms with Gasteiger partial charge in [-0.1, -0.05) is 34.5 Å². The molecule has 0 radical (unpaired) electrons. The van der Waals surface area contributed by atoms with Crippen LogP contribution in [0, 0.1) is 6.92 Å². The number of aryl methyl sites for hydroxylation is 1. The fourth-order valence-electron chi connectivity index (χ4n) is 3.21. The third kappa shape index (κ3) is 3.40. The van der Waals surface area contributed by atoms with Gasteiger partial charge in [-0.25, -0.2) is 0 Å². The second kappa shape index (κ2) is 7.04. The van der Waals surface area contributed by atoms with Crippen molar-refractivity contribution in [2.45, 2.75) is 19.3 Å². The predicted molar refractivity (Wildman–Crippen MR) is 102 cm³/mol. The highest BCUT2D eigenvalue weighted by Crippen LogP contribution is 2.34. The Kier molecular flexibility index (Phi) is 4.58. The summed E-state index contributed by atoms with van der Waals surface area (Å²) in [6.45, 7) is 2.54. The van der Waals surface area contributed by atoms with Crippen molar-refractivity contribution < 1.29 is 14.1 Å². The lowest BCUT2D eigenvalue weighted by molar-refractivity contribution is -0.117. The molecule has 0 spiro atoms. The second-order valence-corrected chi connectivity index (χ2v) is 6.98. The summed E-state index contributed by atoms with van der Waals surface area (Å²) in [6, 6.07) is 13.1. The zero-order valence-corrected chi connectivity index (χ0v) is 15.7. The first-order valence-electron chi connectivity index (χ1n) is 8.59. The maximum absolute atomic E-state index is 12.5. The van der Waals surface area contributed by atoms with Gasteiger partial charge in [-0.3, -0.25) is 4.79 Å². The summed E-state index contributed by atoms with van der Waals surface area (Å²) >= 11 is 6.08. The van der Waals surface area contributed by atoms with E-state index in [-0.39, 0.29) is 11.8 Å². The molecule has 0 unspecified atom stereocenters. The van der Waals surface area contributed by atoms with Gasteiger partial charge >= 0.3 is 0 Å². The molecular formula is C20H18ClN3O3. The van der Waals surface area contributed by atoms with E-state index in [9.17, 15) is 4.79 Å². The predicted octanol–water partition coefficient (Wildman–Crippen LogP) is 4.23. The van der Waals surface area contributed by atoms with Crippen molar-refractivity contribution in [3.8, 4) is 17.2 Å². The van der Waals surface area contributed by atoms with Crippen molar-refractivity contribution in [2.24, 2.45) is 0 Å². The molecule has 0 saturated carbocycles. The van der Waals surface area contributed by atoms with Gasteiger partial charge in [0.1, 0.15) is 5.75 Å². The number of rotatable bonds is 4. The number of carbonyl (C=O) groups is 1. The number of benzene rings is 2. The quantitative estimate of drug-likeness (QED) is 0.674. The number of methoxy groups -OCH3 is 1. The Morgan fingerprint density at radius 3 is 2.74 bits per heavy atom. The molecule has 138 valence electrons. The summed E-state index contributed by atoms with van der Waals surface area (Å²) in [5, 5.41) is 4.64. The van der Waals surface area contributed by atoms with E-state index < -0.39 is 0 Å². The molecule has 6 nitrogen and oxygen atoms in total. The first-order valence-corrected chi connectivity index (χ1v) is 8.97. The van der Waals surface area contributed by atoms with Crippen LogP contribution in [0.4, 0.5) is 5.69 Å². The second-order valence-electron chi connectivity index (χ2n) is 6.54. The zero-order valence-electron chi connectivity index (χ0n) is 15.0. The number of anilines is 1. The van der Waals surface area contributed by atoms with Crippen LogP contribution in [0.15, 0.2) is 47.0 Å². The molecule has 0 bridgehead atoms. The fourth-order valence-corrected chi connectivity index (χ4v) is 3.38. The van der Waals surface area contributed by atoms with Crippen LogP contribution in [-0.2, 0) is 4.79 Å². The molecule has 27 heavy (non-hydrogen) atoms. The number of halogens is 1. The summed E-state index contributed by atoms with van der Waals surface area (Å²) in [5.74, 6) is 1.36. The lowest BCUT2D eigenvalue weighted by Gasteiger charge is -2.16. The maximum atomic E-state index is 12.5. The van der Waals surface area contributed by atoms with Crippen molar-refractivity contribution in [2.75, 3.05) is 18.6 Å². The largest absolute Gasteiger partial charge is 0.496 e. The Balaban J connectivity index is 1.58. The molecule has 1 fully saturated rings. The highest BCUT2D eigenvalue weighted by atomic mass is 35.5. The average Bonchev–Trinajstić information content (AvgIpc) is 3.29. The van der Waals surface area contributed by atoms with Crippen LogP contribution in [0.25, 0.3) is 11.5 Å². The molecule has 4 rings (SSSR count). The number of hydrogen-bond donors (Lipinski definition) is 0. The van der Waals surface area contributed by atoms with Crippen LogP contribution in [0.2, 0.25) is 5.02 Å². The van der Waals surface area contributed by atoms with Crippen LogP contribution >= 0.6 is 11.6 Å². The Morgan fingerprint density at radius 2 is 2.00 bits per heavy atom. The molecule has 3 aromatic rings. The molecule has 0 aliphatic carbocycles. The normalized spacial score (nSPS) is 16.8. The van der Waals surface area contributed by atoms with E-state index in [2.05, 4.69) is 10.1 Å². The van der Waals surface area contributed by atoms with Crippen molar-refractivity contribution in [1.82, 2.24) is 10.1 Å². The molecule has 1 aliphatic rings. The summed E-state index contributed by atoms with van der Waals surface area (Å²) in [5.41, 5.74) is 2.66. The minimum atomic E-state index is -0.124. The van der Waals surface area contributed by atoms with Crippen LogP contribution in [0.5, 0.6) is 5.75 Å². The van der Waals surface area contributed by atoms with Gasteiger partial charge in [-0.05, 0) is 37.3 Å². The lowest BCUT2D eigenvalue weighted by atomic mass is 10.1. The fraction of sp³-hybridized carbons (Fsp3) is 0.250. The number of carbonyl (C=O) groups excluding carboxylic acids is 1. The van der Waals surface area contributed by atoms with E-state index in [0.29, 0.717) is 41.0 Å². The van der Waals surface area contributed by atoms with Crippen molar-refractivity contribution in [3.63, 3.8) is 0 Å². The monoisotopic (exact) mass is 383 g/mol. The van der Waals surface area contributed by atoms with Gasteiger partial charge in [0.2, 0.25) is 5.91 Å². The highest BCUT2D eigenvalue weighted by Gasteiger charge is 2.34. The van der Waals surface area contributed by atoms with Crippen molar-refractivity contribution in [1.29, 1.82) is 0 Å². The molecule has 1 aromatic heterocycles. The number of ether oxygens (including phenoxy) is 1. The van der Waals surface area contributed by atoms with E-state index in [4.69, 9.17) is 20.9 Å². The zero-order chi connectivity index (χ0) is 19.0. The van der Waals surface area contributed by atoms with Crippen molar-refractivity contribution in [3.05, 3.63) is 58.9 Å². The number of amides is 1. The molecule has 2 heterocycles. The molecule has 7 heteroatoms. The maximum Gasteiger partial charge on any atom is 0.261 e. The smallest absolute Gasteiger partial charge is 0.261 e. The Morgan fingerprint density at radius 1 is 1.22 bits per heavy atom. The summed E-state index contributed by atoms with van der Waals surface area (Å²) < 4.78 is 10.8. The highest BCUT2D eigenvalue weighted by molar-refractivity contribution is 6.30.